The van der Waals surface area contributed by atoms with Gasteiger partial charge in [-0.1, -0.05) is 19.9 Å². The Labute approximate surface area is 62.7 Å². The molecule has 56 valence electrons. The van der Waals surface area contributed by atoms with E-state index in [9.17, 15) is 5.02 Å². The van der Waals surface area contributed by atoms with Crippen LogP contribution in [0.15, 0.2) is 12.3 Å². The van der Waals surface area contributed by atoms with Gasteiger partial charge in [-0.05, 0) is 25.0 Å². The number of hydrogen-bond acceptors (Lipinski definition) is 2. The van der Waals surface area contributed by atoms with Crippen LogP contribution in [0.25, 0.3) is 0 Å². The highest BCUT2D eigenvalue weighted by Gasteiger charge is 2.30. The molecule has 0 aromatic heterocycles. The first-order valence-corrected chi connectivity index (χ1v) is 3.71. The Morgan fingerprint density at radius 3 is 2.60 bits per heavy atom. The summed E-state index contributed by atoms with van der Waals surface area (Å²) in [7, 11) is 1.59. The molecule has 10 heavy (non-hydrogen) atoms. The van der Waals surface area contributed by atoms with Crippen molar-refractivity contribution in [2.24, 2.45) is 5.92 Å². The SMILES string of the molecule is CC1C=CN(C)B(O)C1C. The summed E-state index contributed by atoms with van der Waals surface area (Å²) >= 11 is 0. The van der Waals surface area contributed by atoms with Crippen LogP contribution in [0.1, 0.15) is 13.8 Å². The topological polar surface area (TPSA) is 23.5 Å². The monoisotopic (exact) mass is 139 g/mol. The normalized spacial score (nSPS) is 33.2. The van der Waals surface area contributed by atoms with Gasteiger partial charge in [0.1, 0.15) is 0 Å². The molecule has 1 N–H and O–H groups in total. The average Bonchev–Trinajstić information content (AvgIpc) is 1.93. The molecular formula is C7H14BNO. The molecule has 0 fully saturated rings. The van der Waals surface area contributed by atoms with E-state index < -0.39 is 0 Å². The number of allylic oxidation sites excluding steroid dienone is 1. The minimum Gasteiger partial charge on any atom is -0.432 e. The van der Waals surface area contributed by atoms with Gasteiger partial charge < -0.3 is 9.83 Å². The summed E-state index contributed by atoms with van der Waals surface area (Å²) in [5.74, 6) is 0.834. The van der Waals surface area contributed by atoms with E-state index in [1.54, 1.807) is 0 Å². The fraction of sp³-hybridized carbons (Fsp3) is 0.714. The van der Waals surface area contributed by atoms with Crippen LogP contribution < -0.4 is 0 Å². The van der Waals surface area contributed by atoms with Gasteiger partial charge in [0, 0.05) is 0 Å². The predicted octanol–water partition coefficient (Wildman–Crippen LogP) is 0.952. The lowest BCUT2D eigenvalue weighted by atomic mass is 9.60. The van der Waals surface area contributed by atoms with Crippen molar-refractivity contribution < 1.29 is 5.02 Å². The van der Waals surface area contributed by atoms with E-state index in [1.807, 2.05) is 18.1 Å². The molecular weight excluding hydrogens is 125 g/mol. The third kappa shape index (κ3) is 1.19. The van der Waals surface area contributed by atoms with E-state index >= 15 is 0 Å². The van der Waals surface area contributed by atoms with Crippen molar-refractivity contribution in [1.29, 1.82) is 0 Å². The van der Waals surface area contributed by atoms with E-state index in [4.69, 9.17) is 0 Å². The van der Waals surface area contributed by atoms with Crippen molar-refractivity contribution in [3.05, 3.63) is 12.3 Å². The number of rotatable bonds is 0. The van der Waals surface area contributed by atoms with Crippen molar-refractivity contribution in [1.82, 2.24) is 4.81 Å². The summed E-state index contributed by atoms with van der Waals surface area (Å²) in [6.07, 6.45) is 4.06. The van der Waals surface area contributed by atoms with Gasteiger partial charge in [-0.2, -0.15) is 0 Å². The Balaban J connectivity index is 2.69. The van der Waals surface area contributed by atoms with Gasteiger partial charge in [0.05, 0.1) is 0 Å². The average molecular weight is 139 g/mol. The van der Waals surface area contributed by atoms with Gasteiger partial charge in [-0.25, -0.2) is 0 Å². The molecule has 0 saturated carbocycles. The molecule has 0 amide bonds. The summed E-state index contributed by atoms with van der Waals surface area (Å²) in [5, 5.41) is 9.49. The lowest BCUT2D eigenvalue weighted by Crippen LogP contribution is -2.40. The second kappa shape index (κ2) is 2.66. The van der Waals surface area contributed by atoms with E-state index in [2.05, 4.69) is 19.9 Å². The van der Waals surface area contributed by atoms with E-state index in [0.717, 1.165) is 0 Å². The van der Waals surface area contributed by atoms with Crippen molar-refractivity contribution in [2.75, 3.05) is 7.05 Å². The second-order valence-electron chi connectivity index (χ2n) is 3.14. The molecule has 1 heterocycles. The fourth-order valence-electron chi connectivity index (χ4n) is 1.18. The predicted molar refractivity (Wildman–Crippen MR) is 43.5 cm³/mol. The first kappa shape index (κ1) is 7.67. The summed E-state index contributed by atoms with van der Waals surface area (Å²) in [4.78, 5) is 1.84. The highest BCUT2D eigenvalue weighted by atomic mass is 16.2. The zero-order valence-corrected chi connectivity index (χ0v) is 6.78. The minimum atomic E-state index is -0.306. The Morgan fingerprint density at radius 2 is 2.10 bits per heavy atom. The molecule has 1 rings (SSSR count). The quantitative estimate of drug-likeness (QED) is 0.505. The summed E-state index contributed by atoms with van der Waals surface area (Å²) in [6.45, 7) is 4.19. The molecule has 2 nitrogen and oxygen atoms in total. The fourth-order valence-corrected chi connectivity index (χ4v) is 1.18. The maximum atomic E-state index is 9.49. The summed E-state index contributed by atoms with van der Waals surface area (Å²) in [6, 6.07) is 0. The van der Waals surface area contributed by atoms with E-state index in [-0.39, 0.29) is 7.05 Å². The van der Waals surface area contributed by atoms with Gasteiger partial charge >= 0.3 is 7.05 Å². The molecule has 1 aliphatic heterocycles. The summed E-state index contributed by atoms with van der Waals surface area (Å²) < 4.78 is 0. The first-order valence-electron chi connectivity index (χ1n) is 3.71. The minimum absolute atomic E-state index is 0.306. The number of nitrogens with zero attached hydrogens (tertiary/aromatic N) is 1. The van der Waals surface area contributed by atoms with Crippen molar-refractivity contribution in [2.45, 2.75) is 19.7 Å². The Hall–Kier alpha value is -0.435. The van der Waals surface area contributed by atoms with Gasteiger partial charge in [0.15, 0.2) is 0 Å². The highest BCUT2D eigenvalue weighted by molar-refractivity contribution is 6.49. The van der Waals surface area contributed by atoms with Crippen LogP contribution in [0.3, 0.4) is 0 Å². The molecule has 3 heteroatoms. The molecule has 0 aliphatic carbocycles. The molecule has 0 saturated heterocycles. The second-order valence-corrected chi connectivity index (χ2v) is 3.14. The van der Waals surface area contributed by atoms with Gasteiger partial charge in [-0.15, -0.1) is 0 Å². The zero-order valence-electron chi connectivity index (χ0n) is 6.78. The van der Waals surface area contributed by atoms with E-state index in [0.29, 0.717) is 11.7 Å². The molecule has 0 aromatic carbocycles. The molecule has 1 aliphatic rings. The molecule has 0 spiro atoms. The molecule has 0 aromatic rings. The van der Waals surface area contributed by atoms with Crippen LogP contribution in [0.5, 0.6) is 0 Å². The lowest BCUT2D eigenvalue weighted by molar-refractivity contribution is 0.423. The molecule has 2 atom stereocenters. The van der Waals surface area contributed by atoms with Crippen molar-refractivity contribution in [3.63, 3.8) is 0 Å². The van der Waals surface area contributed by atoms with Crippen LogP contribution in [0, 0.1) is 5.92 Å². The number of hydrogen-bond donors (Lipinski definition) is 1. The standard InChI is InChI=1S/C7H14BNO/c1-6-4-5-9(3)8(10)7(6)2/h4-7,10H,1-3H3. The van der Waals surface area contributed by atoms with Crippen LogP contribution in [0.4, 0.5) is 0 Å². The molecule has 0 radical (unpaired) electrons. The smallest absolute Gasteiger partial charge is 0.415 e. The van der Waals surface area contributed by atoms with Crippen LogP contribution in [-0.4, -0.2) is 23.9 Å². The molecule has 0 bridgehead atoms. The lowest BCUT2D eigenvalue weighted by Gasteiger charge is -2.30. The van der Waals surface area contributed by atoms with Crippen molar-refractivity contribution in [3.8, 4) is 0 Å². The first-order chi connectivity index (χ1) is 4.63. The Bertz CT molecular complexity index is 133. The van der Waals surface area contributed by atoms with Gasteiger partial charge in [0.2, 0.25) is 0 Å². The third-order valence-corrected chi connectivity index (χ3v) is 2.34. The van der Waals surface area contributed by atoms with E-state index in [1.165, 1.54) is 0 Å². The third-order valence-electron chi connectivity index (χ3n) is 2.34. The van der Waals surface area contributed by atoms with Crippen LogP contribution >= 0.6 is 0 Å². The van der Waals surface area contributed by atoms with Crippen molar-refractivity contribution >= 4 is 7.05 Å². The maximum absolute atomic E-state index is 9.49. The van der Waals surface area contributed by atoms with Crippen LogP contribution in [0.2, 0.25) is 5.82 Å². The van der Waals surface area contributed by atoms with Crippen LogP contribution in [-0.2, 0) is 0 Å². The summed E-state index contributed by atoms with van der Waals surface area (Å²) in [5.41, 5.74) is 0. The zero-order chi connectivity index (χ0) is 7.72. The van der Waals surface area contributed by atoms with Gasteiger partial charge in [-0.3, -0.25) is 0 Å². The maximum Gasteiger partial charge on any atom is 0.415 e. The largest absolute Gasteiger partial charge is 0.432 e. The Morgan fingerprint density at radius 1 is 1.50 bits per heavy atom. The molecule has 2 unspecified atom stereocenters. The highest BCUT2D eigenvalue weighted by Crippen LogP contribution is 2.26. The Kier molecular flexibility index (Phi) is 2.04. The van der Waals surface area contributed by atoms with Gasteiger partial charge in [0.25, 0.3) is 0 Å².